The molecule has 0 amide bonds. The van der Waals surface area contributed by atoms with Crippen molar-refractivity contribution in [3.8, 4) is 0 Å². The van der Waals surface area contributed by atoms with E-state index in [0.29, 0.717) is 0 Å². The first-order valence-electron chi connectivity index (χ1n) is 6.07. The van der Waals surface area contributed by atoms with E-state index in [-0.39, 0.29) is 11.2 Å². The van der Waals surface area contributed by atoms with E-state index in [4.69, 9.17) is 13.7 Å². The number of hydrogen-bond acceptors (Lipinski definition) is 4. The van der Waals surface area contributed by atoms with Gasteiger partial charge in [0.15, 0.2) is 0 Å². The third-order valence-electron chi connectivity index (χ3n) is 3.85. The van der Waals surface area contributed by atoms with Gasteiger partial charge < -0.3 is 13.7 Å². The standard InChI is InChI=1S/C13H16BNO3/c1-12(2)13(3,4)18-14(17-12)11-6-5-9-7-16-8-10(9)15-11/h5-8H,1-4H3. The number of nitrogens with zero attached hydrogens (tertiary/aromatic N) is 1. The zero-order chi connectivity index (χ0) is 13.0. The van der Waals surface area contributed by atoms with Gasteiger partial charge in [-0.1, -0.05) is 0 Å². The zero-order valence-corrected chi connectivity index (χ0v) is 11.1. The summed E-state index contributed by atoms with van der Waals surface area (Å²) in [5, 5.41) is 0.982. The summed E-state index contributed by atoms with van der Waals surface area (Å²) in [6.07, 6.45) is 3.31. The summed E-state index contributed by atoms with van der Waals surface area (Å²) in [6.45, 7) is 8.12. The predicted molar refractivity (Wildman–Crippen MR) is 69.7 cm³/mol. The Bertz CT molecular complexity index is 575. The maximum absolute atomic E-state index is 5.96. The lowest BCUT2D eigenvalue weighted by Gasteiger charge is -2.32. The molecule has 5 heteroatoms. The first-order valence-corrected chi connectivity index (χ1v) is 6.07. The van der Waals surface area contributed by atoms with E-state index in [1.54, 1.807) is 12.5 Å². The summed E-state index contributed by atoms with van der Waals surface area (Å²) in [6, 6.07) is 3.88. The third kappa shape index (κ3) is 1.66. The molecule has 0 aromatic carbocycles. The van der Waals surface area contributed by atoms with Gasteiger partial charge in [0.1, 0.15) is 11.8 Å². The first kappa shape index (κ1) is 11.7. The maximum Gasteiger partial charge on any atom is 0.514 e. The molecule has 0 saturated carbocycles. The fourth-order valence-electron chi connectivity index (χ4n) is 1.96. The highest BCUT2D eigenvalue weighted by atomic mass is 16.7. The number of furan rings is 1. The number of pyridine rings is 1. The van der Waals surface area contributed by atoms with Gasteiger partial charge in [-0.3, -0.25) is 4.98 Å². The molecule has 0 spiro atoms. The summed E-state index contributed by atoms with van der Waals surface area (Å²) >= 11 is 0. The van der Waals surface area contributed by atoms with E-state index in [1.807, 2.05) is 39.8 Å². The van der Waals surface area contributed by atoms with Gasteiger partial charge in [-0.15, -0.1) is 0 Å². The van der Waals surface area contributed by atoms with Crippen molar-refractivity contribution in [2.75, 3.05) is 0 Å². The van der Waals surface area contributed by atoms with Crippen molar-refractivity contribution in [1.82, 2.24) is 4.98 Å². The Hall–Kier alpha value is -1.33. The lowest BCUT2D eigenvalue weighted by atomic mass is 9.84. The summed E-state index contributed by atoms with van der Waals surface area (Å²) in [5.74, 6) is 0. The number of hydrogen-bond donors (Lipinski definition) is 0. The van der Waals surface area contributed by atoms with Gasteiger partial charge in [-0.05, 0) is 39.8 Å². The average molecular weight is 245 g/mol. The molecule has 3 heterocycles. The minimum Gasteiger partial charge on any atom is -0.470 e. The molecule has 1 fully saturated rings. The van der Waals surface area contributed by atoms with Crippen molar-refractivity contribution in [3.05, 3.63) is 24.7 Å². The van der Waals surface area contributed by atoms with Crippen LogP contribution in [0.5, 0.6) is 0 Å². The van der Waals surface area contributed by atoms with Gasteiger partial charge >= 0.3 is 7.12 Å². The van der Waals surface area contributed by atoms with E-state index in [2.05, 4.69) is 4.98 Å². The number of aromatic nitrogens is 1. The smallest absolute Gasteiger partial charge is 0.470 e. The Morgan fingerprint density at radius 2 is 1.67 bits per heavy atom. The lowest BCUT2D eigenvalue weighted by molar-refractivity contribution is 0.00578. The molecule has 1 aliphatic rings. The average Bonchev–Trinajstić information content (AvgIpc) is 2.80. The Labute approximate surface area is 106 Å². The second-order valence-electron chi connectivity index (χ2n) is 5.67. The van der Waals surface area contributed by atoms with E-state index >= 15 is 0 Å². The van der Waals surface area contributed by atoms with Crippen molar-refractivity contribution in [1.29, 1.82) is 0 Å². The molecule has 0 atom stereocenters. The molecular formula is C13H16BNO3. The molecule has 4 nitrogen and oxygen atoms in total. The number of fused-ring (bicyclic) bond motifs is 1. The minimum atomic E-state index is -0.422. The van der Waals surface area contributed by atoms with E-state index in [9.17, 15) is 0 Å². The SMILES string of the molecule is CC1(C)OB(c2ccc3cocc3n2)OC1(C)C. The molecule has 0 N–H and O–H groups in total. The Morgan fingerprint density at radius 3 is 2.33 bits per heavy atom. The fraction of sp³-hybridized carbons (Fsp3) is 0.462. The quantitative estimate of drug-likeness (QED) is 0.722. The lowest BCUT2D eigenvalue weighted by Crippen LogP contribution is -2.41. The van der Waals surface area contributed by atoms with Gasteiger partial charge in [0.05, 0.1) is 23.1 Å². The molecule has 0 bridgehead atoms. The molecule has 1 aliphatic heterocycles. The van der Waals surface area contributed by atoms with Crippen LogP contribution in [0.25, 0.3) is 10.9 Å². The molecule has 0 radical (unpaired) electrons. The number of rotatable bonds is 1. The highest BCUT2D eigenvalue weighted by Crippen LogP contribution is 2.36. The second kappa shape index (κ2) is 3.59. The van der Waals surface area contributed by atoms with E-state index < -0.39 is 7.12 Å². The van der Waals surface area contributed by atoms with Gasteiger partial charge in [0, 0.05) is 5.39 Å². The van der Waals surface area contributed by atoms with E-state index in [1.165, 1.54) is 0 Å². The summed E-state index contributed by atoms with van der Waals surface area (Å²) in [4.78, 5) is 4.50. The van der Waals surface area contributed by atoms with Crippen LogP contribution in [0.15, 0.2) is 29.1 Å². The highest BCUT2D eigenvalue weighted by molar-refractivity contribution is 6.61. The van der Waals surface area contributed by atoms with Crippen molar-refractivity contribution in [2.45, 2.75) is 38.9 Å². The second-order valence-corrected chi connectivity index (χ2v) is 5.67. The molecule has 3 rings (SSSR count). The largest absolute Gasteiger partial charge is 0.514 e. The highest BCUT2D eigenvalue weighted by Gasteiger charge is 2.52. The zero-order valence-electron chi connectivity index (χ0n) is 11.1. The van der Waals surface area contributed by atoms with Crippen molar-refractivity contribution >= 4 is 23.6 Å². The maximum atomic E-state index is 5.96. The molecule has 2 aromatic heterocycles. The normalized spacial score (nSPS) is 21.7. The van der Waals surface area contributed by atoms with Crippen LogP contribution < -0.4 is 5.59 Å². The Morgan fingerprint density at radius 1 is 1.00 bits per heavy atom. The van der Waals surface area contributed by atoms with Gasteiger partial charge in [0.25, 0.3) is 0 Å². The molecule has 2 aromatic rings. The Balaban J connectivity index is 1.96. The predicted octanol–water partition coefficient (Wildman–Crippen LogP) is 2.13. The van der Waals surface area contributed by atoms with Crippen LogP contribution in [-0.4, -0.2) is 23.3 Å². The molecular weight excluding hydrogens is 229 g/mol. The Kier molecular flexibility index (Phi) is 2.34. The summed E-state index contributed by atoms with van der Waals surface area (Å²) in [7, 11) is -0.422. The van der Waals surface area contributed by atoms with Crippen LogP contribution in [0.1, 0.15) is 27.7 Å². The molecule has 1 saturated heterocycles. The van der Waals surface area contributed by atoms with Gasteiger partial charge in [-0.25, -0.2) is 0 Å². The molecule has 18 heavy (non-hydrogen) atoms. The van der Waals surface area contributed by atoms with Crippen molar-refractivity contribution in [3.63, 3.8) is 0 Å². The van der Waals surface area contributed by atoms with Crippen LogP contribution in [0.3, 0.4) is 0 Å². The molecule has 0 unspecified atom stereocenters. The summed E-state index contributed by atoms with van der Waals surface area (Å²) < 4.78 is 17.0. The van der Waals surface area contributed by atoms with Crippen molar-refractivity contribution < 1.29 is 13.7 Å². The van der Waals surface area contributed by atoms with Gasteiger partial charge in [-0.2, -0.15) is 0 Å². The van der Waals surface area contributed by atoms with E-state index in [0.717, 1.165) is 16.5 Å². The topological polar surface area (TPSA) is 44.5 Å². The summed E-state index contributed by atoms with van der Waals surface area (Å²) in [5.41, 5.74) is 0.917. The van der Waals surface area contributed by atoms with Crippen LogP contribution in [0.2, 0.25) is 0 Å². The molecule has 94 valence electrons. The van der Waals surface area contributed by atoms with Gasteiger partial charge in [0.2, 0.25) is 0 Å². The van der Waals surface area contributed by atoms with Crippen molar-refractivity contribution in [2.24, 2.45) is 0 Å². The van der Waals surface area contributed by atoms with Crippen LogP contribution in [0.4, 0.5) is 0 Å². The fourth-order valence-corrected chi connectivity index (χ4v) is 1.96. The van der Waals surface area contributed by atoms with Crippen LogP contribution in [0, 0.1) is 0 Å². The third-order valence-corrected chi connectivity index (χ3v) is 3.85. The minimum absolute atomic E-state index is 0.343. The first-order chi connectivity index (χ1) is 8.39. The van der Waals surface area contributed by atoms with Crippen LogP contribution in [-0.2, 0) is 9.31 Å². The monoisotopic (exact) mass is 245 g/mol. The van der Waals surface area contributed by atoms with Crippen LogP contribution >= 0.6 is 0 Å². The molecule has 0 aliphatic carbocycles.